The summed E-state index contributed by atoms with van der Waals surface area (Å²) in [6.07, 6.45) is 11.5. The molecule has 0 aliphatic heterocycles. The van der Waals surface area contributed by atoms with Crippen molar-refractivity contribution < 1.29 is 24.5 Å². The van der Waals surface area contributed by atoms with Gasteiger partial charge in [-0.2, -0.15) is 0 Å². The van der Waals surface area contributed by atoms with Crippen LogP contribution in [0.2, 0.25) is 0 Å². The van der Waals surface area contributed by atoms with Crippen LogP contribution in [-0.2, 0) is 27.2 Å². The standard InChI is InChI=1S/C24H36O5/c1-23(2,22(27)28)13-7-4-6-10-20-17-19(11-12-21(20)26)9-5-3-8-14-24(15-16-24)29-18-25/h11-12,17-18,26H,3-10,13-16H2,1-2H3,(H,27,28). The van der Waals surface area contributed by atoms with E-state index in [2.05, 4.69) is 6.07 Å². The Bertz CT molecular complexity index is 676. The second kappa shape index (κ2) is 10.7. The number of carboxylic acid groups (broad SMARTS) is 1. The lowest BCUT2D eigenvalue weighted by Crippen LogP contribution is -2.23. The summed E-state index contributed by atoms with van der Waals surface area (Å²) in [5, 5.41) is 19.3. The largest absolute Gasteiger partial charge is 0.508 e. The van der Waals surface area contributed by atoms with E-state index in [1.807, 2.05) is 6.07 Å². The predicted octanol–water partition coefficient (Wildman–Crippen LogP) is 5.41. The van der Waals surface area contributed by atoms with Gasteiger partial charge in [0.25, 0.3) is 6.47 Å². The number of rotatable bonds is 15. The van der Waals surface area contributed by atoms with E-state index in [4.69, 9.17) is 9.84 Å². The van der Waals surface area contributed by atoms with Gasteiger partial charge in [0, 0.05) is 0 Å². The summed E-state index contributed by atoms with van der Waals surface area (Å²) in [4.78, 5) is 21.7. The normalized spacial score (nSPS) is 15.1. The summed E-state index contributed by atoms with van der Waals surface area (Å²) in [5.41, 5.74) is 1.42. The molecule has 0 radical (unpaired) electrons. The van der Waals surface area contributed by atoms with Gasteiger partial charge in [0.15, 0.2) is 0 Å². The maximum absolute atomic E-state index is 11.1. The lowest BCUT2D eigenvalue weighted by atomic mass is 9.87. The van der Waals surface area contributed by atoms with Crippen LogP contribution in [-0.4, -0.2) is 28.3 Å². The van der Waals surface area contributed by atoms with Gasteiger partial charge in [-0.15, -0.1) is 0 Å². The minimum absolute atomic E-state index is 0.146. The number of hydrogen-bond acceptors (Lipinski definition) is 4. The topological polar surface area (TPSA) is 83.8 Å². The molecule has 2 rings (SSSR count). The summed E-state index contributed by atoms with van der Waals surface area (Å²) in [7, 11) is 0. The van der Waals surface area contributed by atoms with Gasteiger partial charge in [0.1, 0.15) is 11.4 Å². The van der Waals surface area contributed by atoms with Crippen LogP contribution in [0.15, 0.2) is 18.2 Å². The third-order valence-corrected chi connectivity index (χ3v) is 6.17. The second-order valence-corrected chi connectivity index (χ2v) is 9.17. The summed E-state index contributed by atoms with van der Waals surface area (Å²) in [5.74, 6) is -0.396. The van der Waals surface area contributed by atoms with E-state index >= 15 is 0 Å². The number of carbonyl (C=O) groups is 2. The van der Waals surface area contributed by atoms with Crippen molar-refractivity contribution in [3.05, 3.63) is 29.3 Å². The Kier molecular flexibility index (Phi) is 8.54. The zero-order chi connectivity index (χ0) is 21.3. The van der Waals surface area contributed by atoms with Crippen molar-refractivity contribution in [1.29, 1.82) is 0 Å². The predicted molar refractivity (Wildman–Crippen MR) is 113 cm³/mol. The molecule has 1 saturated carbocycles. The lowest BCUT2D eigenvalue weighted by molar-refractivity contribution is -0.147. The molecule has 0 spiro atoms. The Morgan fingerprint density at radius 2 is 1.79 bits per heavy atom. The van der Waals surface area contributed by atoms with Crippen molar-refractivity contribution in [2.45, 2.75) is 96.5 Å². The summed E-state index contributed by atoms with van der Waals surface area (Å²) >= 11 is 0. The first-order chi connectivity index (χ1) is 13.8. The molecule has 0 bridgehead atoms. The van der Waals surface area contributed by atoms with Crippen molar-refractivity contribution in [2.24, 2.45) is 5.41 Å². The van der Waals surface area contributed by atoms with Gasteiger partial charge >= 0.3 is 5.97 Å². The minimum atomic E-state index is -0.744. The van der Waals surface area contributed by atoms with Gasteiger partial charge in [-0.05, 0) is 88.8 Å². The number of carboxylic acids is 1. The Labute approximate surface area is 174 Å². The van der Waals surface area contributed by atoms with E-state index in [1.54, 1.807) is 19.9 Å². The van der Waals surface area contributed by atoms with Crippen LogP contribution in [0.25, 0.3) is 0 Å². The maximum atomic E-state index is 11.1. The van der Waals surface area contributed by atoms with E-state index in [-0.39, 0.29) is 5.60 Å². The quantitative estimate of drug-likeness (QED) is 0.301. The number of aliphatic carboxylic acids is 1. The molecule has 1 aliphatic rings. The molecule has 29 heavy (non-hydrogen) atoms. The number of unbranched alkanes of at least 4 members (excludes halogenated alkanes) is 4. The van der Waals surface area contributed by atoms with Crippen molar-refractivity contribution >= 4 is 12.4 Å². The smallest absolute Gasteiger partial charge is 0.309 e. The summed E-state index contributed by atoms with van der Waals surface area (Å²) in [6.45, 7) is 4.12. The van der Waals surface area contributed by atoms with Crippen molar-refractivity contribution in [2.75, 3.05) is 0 Å². The van der Waals surface area contributed by atoms with Gasteiger partial charge in [-0.3, -0.25) is 9.59 Å². The molecular formula is C24H36O5. The first-order valence-electron chi connectivity index (χ1n) is 10.9. The van der Waals surface area contributed by atoms with Crippen LogP contribution in [0.4, 0.5) is 0 Å². The summed E-state index contributed by atoms with van der Waals surface area (Å²) in [6, 6.07) is 5.88. The van der Waals surface area contributed by atoms with Crippen LogP contribution in [0.1, 0.15) is 89.2 Å². The van der Waals surface area contributed by atoms with E-state index < -0.39 is 11.4 Å². The average Bonchev–Trinajstić information content (AvgIpc) is 3.43. The molecule has 1 aromatic rings. The lowest BCUT2D eigenvalue weighted by Gasteiger charge is -2.18. The van der Waals surface area contributed by atoms with Crippen LogP contribution in [0, 0.1) is 5.41 Å². The van der Waals surface area contributed by atoms with Crippen LogP contribution >= 0.6 is 0 Å². The number of carbonyl (C=O) groups excluding carboxylic acids is 1. The number of benzene rings is 1. The molecule has 5 nitrogen and oxygen atoms in total. The number of aromatic hydroxyl groups is 1. The Morgan fingerprint density at radius 3 is 2.45 bits per heavy atom. The van der Waals surface area contributed by atoms with Crippen molar-refractivity contribution in [3.63, 3.8) is 0 Å². The second-order valence-electron chi connectivity index (χ2n) is 9.17. The fraction of sp³-hybridized carbons (Fsp3) is 0.667. The molecule has 0 heterocycles. The number of phenolic OH excluding ortho intramolecular Hbond substituents is 1. The highest BCUT2D eigenvalue weighted by Gasteiger charge is 2.44. The fourth-order valence-electron chi connectivity index (χ4n) is 3.78. The molecule has 5 heteroatoms. The first-order valence-corrected chi connectivity index (χ1v) is 10.9. The van der Waals surface area contributed by atoms with Gasteiger partial charge in [0.2, 0.25) is 0 Å². The van der Waals surface area contributed by atoms with Gasteiger partial charge in [-0.25, -0.2) is 0 Å². The Morgan fingerprint density at radius 1 is 1.10 bits per heavy atom. The average molecular weight is 405 g/mol. The highest BCUT2D eigenvalue weighted by molar-refractivity contribution is 5.73. The Balaban J connectivity index is 1.66. The zero-order valence-corrected chi connectivity index (χ0v) is 17.9. The Hall–Kier alpha value is -2.04. The third-order valence-electron chi connectivity index (χ3n) is 6.17. The maximum Gasteiger partial charge on any atom is 0.309 e. The molecular weight excluding hydrogens is 368 g/mol. The van der Waals surface area contributed by atoms with Gasteiger partial charge in [-0.1, -0.05) is 31.4 Å². The first kappa shape index (κ1) is 23.2. The van der Waals surface area contributed by atoms with E-state index in [9.17, 15) is 14.7 Å². The minimum Gasteiger partial charge on any atom is -0.508 e. The number of phenols is 1. The number of aryl methyl sites for hydroxylation is 2. The molecule has 0 unspecified atom stereocenters. The third kappa shape index (κ3) is 7.71. The summed E-state index contributed by atoms with van der Waals surface area (Å²) < 4.78 is 5.18. The fourth-order valence-corrected chi connectivity index (χ4v) is 3.78. The van der Waals surface area contributed by atoms with Crippen LogP contribution in [0.3, 0.4) is 0 Å². The molecule has 0 saturated heterocycles. The molecule has 162 valence electrons. The van der Waals surface area contributed by atoms with E-state index in [0.29, 0.717) is 18.6 Å². The number of ether oxygens (including phenoxy) is 1. The SMILES string of the molecule is CC(C)(CCCCCc1cc(CCCCCC2(OC=O)CC2)ccc1O)C(=O)O. The molecule has 1 aliphatic carbocycles. The molecule has 0 aromatic heterocycles. The monoisotopic (exact) mass is 404 g/mol. The van der Waals surface area contributed by atoms with E-state index in [0.717, 1.165) is 76.2 Å². The molecule has 0 atom stereocenters. The highest BCUT2D eigenvalue weighted by atomic mass is 16.5. The highest BCUT2D eigenvalue weighted by Crippen LogP contribution is 2.43. The number of hydrogen-bond donors (Lipinski definition) is 2. The zero-order valence-electron chi connectivity index (χ0n) is 17.9. The van der Waals surface area contributed by atoms with Gasteiger partial charge < -0.3 is 14.9 Å². The van der Waals surface area contributed by atoms with Gasteiger partial charge in [0.05, 0.1) is 5.41 Å². The molecule has 1 fully saturated rings. The van der Waals surface area contributed by atoms with Crippen LogP contribution in [0.5, 0.6) is 5.75 Å². The van der Waals surface area contributed by atoms with Crippen LogP contribution < -0.4 is 0 Å². The molecule has 2 N–H and O–H groups in total. The molecule has 0 amide bonds. The molecule has 1 aromatic carbocycles. The van der Waals surface area contributed by atoms with Crippen molar-refractivity contribution in [1.82, 2.24) is 0 Å². The van der Waals surface area contributed by atoms with E-state index in [1.165, 1.54) is 5.56 Å². The van der Waals surface area contributed by atoms with Crippen molar-refractivity contribution in [3.8, 4) is 5.75 Å².